The molecule has 2 aliphatic heterocycles. The number of halogens is 3. The second-order valence-corrected chi connectivity index (χ2v) is 16.1. The van der Waals surface area contributed by atoms with E-state index in [1.54, 1.807) is 18.2 Å². The average Bonchev–Trinajstić information content (AvgIpc) is 3.46. The molecule has 7 nitrogen and oxygen atoms in total. The Balaban J connectivity index is 1.23. The van der Waals surface area contributed by atoms with Crippen molar-refractivity contribution in [2.24, 2.45) is 28.6 Å². The topological polar surface area (TPSA) is 97.4 Å². The predicted octanol–water partition coefficient (Wildman–Crippen LogP) is 7.39. The first kappa shape index (κ1) is 32.0. The fraction of sp³-hybridized carbons (Fsp3) is 0.611. The van der Waals surface area contributed by atoms with E-state index in [0.29, 0.717) is 49.6 Å². The number of hydrogen-bond donors (Lipinski definition) is 2. The van der Waals surface area contributed by atoms with E-state index in [1.807, 2.05) is 6.07 Å². The molecular formula is C36H42Cl2FN3O4. The van der Waals surface area contributed by atoms with Crippen molar-refractivity contribution in [3.05, 3.63) is 57.6 Å². The van der Waals surface area contributed by atoms with Crippen molar-refractivity contribution in [2.75, 3.05) is 18.5 Å². The van der Waals surface area contributed by atoms with Gasteiger partial charge in [-0.2, -0.15) is 0 Å². The molecule has 2 N–H and O–H groups in total. The summed E-state index contributed by atoms with van der Waals surface area (Å²) in [6.45, 7) is 5.82. The molecule has 1 saturated heterocycles. The number of anilines is 1. The van der Waals surface area contributed by atoms with E-state index in [2.05, 4.69) is 29.5 Å². The molecule has 3 heterocycles. The zero-order valence-corrected chi connectivity index (χ0v) is 28.0. The van der Waals surface area contributed by atoms with Gasteiger partial charge in [-0.25, -0.2) is 9.37 Å². The van der Waals surface area contributed by atoms with E-state index in [0.717, 1.165) is 44.1 Å². The van der Waals surface area contributed by atoms with Crippen molar-refractivity contribution in [1.29, 1.82) is 0 Å². The Hall–Kier alpha value is -2.55. The number of pyridine rings is 1. The van der Waals surface area contributed by atoms with Gasteiger partial charge in [-0.05, 0) is 104 Å². The number of carbonyl (C=O) groups is 3. The van der Waals surface area contributed by atoms with E-state index in [-0.39, 0.29) is 51.6 Å². The largest absolute Gasteiger partial charge is 0.381 e. The van der Waals surface area contributed by atoms with Gasteiger partial charge in [0, 0.05) is 60.3 Å². The molecule has 5 aliphatic rings. The summed E-state index contributed by atoms with van der Waals surface area (Å²) in [4.78, 5) is 46.1. The molecule has 246 valence electrons. The normalized spacial score (nSPS) is 31.4. The summed E-state index contributed by atoms with van der Waals surface area (Å²) in [7, 11) is 0. The van der Waals surface area contributed by atoms with E-state index < -0.39 is 28.5 Å². The number of ether oxygens (including phenoxy) is 1. The fourth-order valence-electron chi connectivity index (χ4n) is 9.61. The monoisotopic (exact) mass is 669 g/mol. The van der Waals surface area contributed by atoms with Crippen LogP contribution in [-0.2, 0) is 24.5 Å². The maximum Gasteiger partial charge on any atom is 0.236 e. The van der Waals surface area contributed by atoms with Crippen LogP contribution in [0.25, 0.3) is 0 Å². The van der Waals surface area contributed by atoms with Crippen LogP contribution in [-0.4, -0.2) is 41.8 Å². The van der Waals surface area contributed by atoms with Crippen molar-refractivity contribution in [3.8, 4) is 0 Å². The minimum absolute atomic E-state index is 0.0296. The lowest BCUT2D eigenvalue weighted by molar-refractivity contribution is -0.133. The molecule has 4 fully saturated rings. The van der Waals surface area contributed by atoms with Gasteiger partial charge in [0.15, 0.2) is 11.0 Å². The van der Waals surface area contributed by atoms with E-state index >= 15 is 4.39 Å². The number of benzene rings is 1. The van der Waals surface area contributed by atoms with Gasteiger partial charge in [0.2, 0.25) is 11.8 Å². The molecule has 0 unspecified atom stereocenters. The Labute approximate surface area is 279 Å². The highest BCUT2D eigenvalue weighted by Gasteiger charge is 2.72. The second kappa shape index (κ2) is 11.9. The summed E-state index contributed by atoms with van der Waals surface area (Å²) in [5.41, 5.74) is 0.0196. The summed E-state index contributed by atoms with van der Waals surface area (Å²) in [5.74, 6) is -2.19. The Bertz CT molecular complexity index is 1560. The third-order valence-corrected chi connectivity index (χ3v) is 12.7. The minimum Gasteiger partial charge on any atom is -0.381 e. The third-order valence-electron chi connectivity index (χ3n) is 12.2. The van der Waals surface area contributed by atoms with Gasteiger partial charge < -0.3 is 15.4 Å². The summed E-state index contributed by atoms with van der Waals surface area (Å²) in [6.07, 6.45) is 8.48. The number of aromatic nitrogens is 1. The molecule has 2 spiro atoms. The zero-order valence-electron chi connectivity index (χ0n) is 26.5. The third kappa shape index (κ3) is 5.18. The summed E-state index contributed by atoms with van der Waals surface area (Å²) < 4.78 is 21.5. The predicted molar refractivity (Wildman–Crippen MR) is 174 cm³/mol. The number of rotatable bonds is 6. The number of nitrogens with one attached hydrogen (secondary N) is 2. The number of hydrogen-bond acceptors (Lipinski definition) is 5. The first-order valence-corrected chi connectivity index (χ1v) is 17.5. The van der Waals surface area contributed by atoms with Crippen molar-refractivity contribution in [3.63, 3.8) is 0 Å². The van der Waals surface area contributed by atoms with Crippen molar-refractivity contribution in [1.82, 2.24) is 10.3 Å². The van der Waals surface area contributed by atoms with Crippen LogP contribution in [0.4, 0.5) is 10.1 Å². The maximum absolute atomic E-state index is 16.1. The number of fused-ring (bicyclic) bond motifs is 3. The van der Waals surface area contributed by atoms with Crippen molar-refractivity contribution < 1.29 is 23.5 Å². The highest BCUT2D eigenvalue weighted by Crippen LogP contribution is 2.72. The van der Waals surface area contributed by atoms with Gasteiger partial charge in [-0.3, -0.25) is 14.4 Å². The minimum atomic E-state index is -1.18. The lowest BCUT2D eigenvalue weighted by atomic mass is 9.51. The van der Waals surface area contributed by atoms with Gasteiger partial charge >= 0.3 is 0 Å². The lowest BCUT2D eigenvalue weighted by Crippen LogP contribution is -2.52. The van der Waals surface area contributed by atoms with Crippen molar-refractivity contribution >= 4 is 46.5 Å². The number of nitrogens with zero attached hydrogens (tertiary/aromatic N) is 1. The zero-order chi connectivity index (χ0) is 32.4. The Morgan fingerprint density at radius 2 is 1.80 bits per heavy atom. The Kier molecular flexibility index (Phi) is 8.25. The summed E-state index contributed by atoms with van der Waals surface area (Å²) >= 11 is 12.7. The summed E-state index contributed by atoms with van der Waals surface area (Å²) in [6, 6.07) is 7.18. The van der Waals surface area contributed by atoms with E-state index in [1.165, 1.54) is 6.20 Å². The molecule has 3 aliphatic carbocycles. The van der Waals surface area contributed by atoms with Crippen LogP contribution in [0, 0.1) is 34.4 Å². The molecule has 10 heteroatoms. The molecule has 2 amide bonds. The van der Waals surface area contributed by atoms with Crippen LogP contribution >= 0.6 is 23.2 Å². The molecule has 7 rings (SSSR count). The molecule has 46 heavy (non-hydrogen) atoms. The SMILES string of the molecule is CC1(C)CCC2(CC1)C[C@@H](C(=O)CC1CC(C(=O)NC3CCOCC3)C1)[C@H](c1ccnc(Cl)c1F)[C@]21C(=O)Nc2cc(Cl)ccc21. The smallest absolute Gasteiger partial charge is 0.236 e. The number of ketones is 1. The van der Waals surface area contributed by atoms with Crippen LogP contribution in [0.5, 0.6) is 0 Å². The highest BCUT2D eigenvalue weighted by molar-refractivity contribution is 6.31. The van der Waals surface area contributed by atoms with E-state index in [4.69, 9.17) is 27.9 Å². The second-order valence-electron chi connectivity index (χ2n) is 15.3. The van der Waals surface area contributed by atoms with Crippen LogP contribution in [0.15, 0.2) is 30.5 Å². The van der Waals surface area contributed by atoms with Crippen LogP contribution in [0.1, 0.15) is 95.1 Å². The molecule has 3 atom stereocenters. The van der Waals surface area contributed by atoms with Gasteiger partial charge in [0.25, 0.3) is 0 Å². The Morgan fingerprint density at radius 1 is 1.09 bits per heavy atom. The molecule has 1 aromatic carbocycles. The first-order chi connectivity index (χ1) is 21.9. The molecule has 2 aromatic rings. The van der Waals surface area contributed by atoms with Gasteiger partial charge in [0.1, 0.15) is 5.78 Å². The highest BCUT2D eigenvalue weighted by atomic mass is 35.5. The maximum atomic E-state index is 16.1. The standard InChI is InChI=1S/C36H42Cl2FN3O4/c1-34(2)8-10-35(11-9-34)19-25(28(43)17-20-15-21(16-20)32(44)41-23-6-13-46-14-7-23)29(24-5-12-40-31(38)30(24)39)36(35)26-4-3-22(37)18-27(26)42-33(36)45/h3-5,12,18,20-21,23,25,29H,6-11,13-17,19H2,1-2H3,(H,41,44)(H,42,45)/t20?,21?,25-,29-,36+/m0/s1. The molecule has 3 saturated carbocycles. The number of amides is 2. The number of carbonyl (C=O) groups excluding carboxylic acids is 3. The van der Waals surface area contributed by atoms with Gasteiger partial charge in [-0.1, -0.05) is 43.1 Å². The van der Waals surface area contributed by atoms with Crippen molar-refractivity contribution in [2.45, 2.75) is 95.4 Å². The lowest BCUT2D eigenvalue weighted by Gasteiger charge is -2.51. The average molecular weight is 671 g/mol. The molecular weight excluding hydrogens is 628 g/mol. The van der Waals surface area contributed by atoms with Crippen LogP contribution in [0.3, 0.4) is 0 Å². The van der Waals surface area contributed by atoms with Gasteiger partial charge in [0.05, 0.1) is 5.41 Å². The van der Waals surface area contributed by atoms with Gasteiger partial charge in [-0.15, -0.1) is 0 Å². The Morgan fingerprint density at radius 3 is 2.52 bits per heavy atom. The fourth-order valence-corrected chi connectivity index (χ4v) is 9.95. The van der Waals surface area contributed by atoms with Crippen LogP contribution < -0.4 is 10.6 Å². The van der Waals surface area contributed by atoms with E-state index in [9.17, 15) is 14.4 Å². The molecule has 0 bridgehead atoms. The quantitative estimate of drug-likeness (QED) is 0.313. The summed E-state index contributed by atoms with van der Waals surface area (Å²) in [5, 5.41) is 6.51. The molecule has 1 aromatic heterocycles. The van der Waals surface area contributed by atoms with Crippen LogP contribution in [0.2, 0.25) is 10.2 Å². The molecule has 0 radical (unpaired) electrons. The number of Topliss-reactive ketones (excluding diaryl/α,β-unsaturated/α-hetero) is 1. The first-order valence-electron chi connectivity index (χ1n) is 16.8.